The van der Waals surface area contributed by atoms with Crippen molar-refractivity contribution in [1.82, 2.24) is 4.57 Å². The highest BCUT2D eigenvalue weighted by atomic mass is 79.9. The number of benzene rings is 1. The second kappa shape index (κ2) is 3.13. The summed E-state index contributed by atoms with van der Waals surface area (Å²) in [6, 6.07) is 5.66. The van der Waals surface area contributed by atoms with E-state index in [2.05, 4.69) is 15.9 Å². The van der Waals surface area contributed by atoms with Gasteiger partial charge in [-0.1, -0.05) is 0 Å². The number of halogens is 1. The Hall–Kier alpha value is -1.29. The zero-order valence-electron chi connectivity index (χ0n) is 7.49. The Morgan fingerprint density at radius 1 is 1.50 bits per heavy atom. The molecule has 1 aromatic heterocycles. The van der Waals surface area contributed by atoms with Crippen molar-refractivity contribution in [3.05, 3.63) is 34.4 Å². The molecule has 3 nitrogen and oxygen atoms in total. The molecule has 0 unspecified atom stereocenters. The van der Waals surface area contributed by atoms with Gasteiger partial charge < -0.3 is 5.11 Å². The van der Waals surface area contributed by atoms with E-state index in [-0.39, 0.29) is 0 Å². The SMILES string of the molecule is Cc1cc(Br)c2c(ccn2C(=O)O)c1. The van der Waals surface area contributed by atoms with Crippen LogP contribution in [0.1, 0.15) is 5.56 Å². The van der Waals surface area contributed by atoms with Gasteiger partial charge in [0.2, 0.25) is 0 Å². The summed E-state index contributed by atoms with van der Waals surface area (Å²) in [5.41, 5.74) is 1.80. The highest BCUT2D eigenvalue weighted by molar-refractivity contribution is 9.10. The fourth-order valence-electron chi connectivity index (χ4n) is 1.53. The minimum Gasteiger partial charge on any atom is -0.464 e. The smallest absolute Gasteiger partial charge is 0.416 e. The molecule has 0 fully saturated rings. The Labute approximate surface area is 89.1 Å². The van der Waals surface area contributed by atoms with Gasteiger partial charge in [0.1, 0.15) is 0 Å². The van der Waals surface area contributed by atoms with Crippen LogP contribution in [0.3, 0.4) is 0 Å². The van der Waals surface area contributed by atoms with Crippen molar-refractivity contribution in [2.75, 3.05) is 0 Å². The third-order valence-corrected chi connectivity index (χ3v) is 2.69. The molecule has 1 heterocycles. The van der Waals surface area contributed by atoms with E-state index >= 15 is 0 Å². The zero-order valence-corrected chi connectivity index (χ0v) is 9.08. The minimum absolute atomic E-state index is 0.697. The Bertz CT molecular complexity index is 516. The fourth-order valence-corrected chi connectivity index (χ4v) is 2.31. The van der Waals surface area contributed by atoms with Gasteiger partial charge in [0.15, 0.2) is 0 Å². The van der Waals surface area contributed by atoms with Gasteiger partial charge in [-0.25, -0.2) is 4.79 Å². The van der Waals surface area contributed by atoms with Crippen LogP contribution in [0.4, 0.5) is 4.79 Å². The highest BCUT2D eigenvalue weighted by Crippen LogP contribution is 2.26. The van der Waals surface area contributed by atoms with E-state index in [1.165, 1.54) is 4.57 Å². The molecule has 0 radical (unpaired) electrons. The third kappa shape index (κ3) is 1.32. The minimum atomic E-state index is -0.968. The molecular weight excluding hydrogens is 246 g/mol. The maximum Gasteiger partial charge on any atom is 0.416 e. The van der Waals surface area contributed by atoms with E-state index in [1.807, 2.05) is 19.1 Å². The van der Waals surface area contributed by atoms with Crippen LogP contribution in [-0.2, 0) is 0 Å². The van der Waals surface area contributed by atoms with E-state index in [1.54, 1.807) is 12.3 Å². The number of aromatic nitrogens is 1. The van der Waals surface area contributed by atoms with Gasteiger partial charge in [-0.05, 0) is 46.6 Å². The second-order valence-corrected chi connectivity index (χ2v) is 4.01. The van der Waals surface area contributed by atoms with E-state index < -0.39 is 6.09 Å². The number of rotatable bonds is 0. The fraction of sp³-hybridized carbons (Fsp3) is 0.100. The van der Waals surface area contributed by atoms with Crippen LogP contribution in [0.2, 0.25) is 0 Å². The van der Waals surface area contributed by atoms with Gasteiger partial charge in [-0.3, -0.25) is 4.57 Å². The largest absolute Gasteiger partial charge is 0.464 e. The Morgan fingerprint density at radius 2 is 2.21 bits per heavy atom. The summed E-state index contributed by atoms with van der Waals surface area (Å²) in [6.07, 6.45) is 0.585. The second-order valence-electron chi connectivity index (χ2n) is 3.15. The first-order valence-electron chi connectivity index (χ1n) is 4.10. The molecule has 1 aromatic carbocycles. The molecule has 2 aromatic rings. The number of aryl methyl sites for hydroxylation is 1. The summed E-state index contributed by atoms with van der Waals surface area (Å²) < 4.78 is 2.01. The first-order valence-corrected chi connectivity index (χ1v) is 4.89. The Kier molecular flexibility index (Phi) is 2.07. The van der Waals surface area contributed by atoms with Crippen LogP contribution in [0.25, 0.3) is 10.9 Å². The van der Waals surface area contributed by atoms with Gasteiger partial charge in [-0.2, -0.15) is 0 Å². The third-order valence-electron chi connectivity index (χ3n) is 2.09. The lowest BCUT2D eigenvalue weighted by Crippen LogP contribution is -2.05. The summed E-state index contributed by atoms with van der Waals surface area (Å²) in [5, 5.41) is 9.84. The lowest BCUT2D eigenvalue weighted by Gasteiger charge is -2.01. The first-order chi connectivity index (χ1) is 6.59. The number of fused-ring (bicyclic) bond motifs is 1. The van der Waals surface area contributed by atoms with Crippen molar-refractivity contribution < 1.29 is 9.90 Å². The van der Waals surface area contributed by atoms with Crippen LogP contribution in [0, 0.1) is 6.92 Å². The summed E-state index contributed by atoms with van der Waals surface area (Å²) in [4.78, 5) is 10.9. The molecule has 14 heavy (non-hydrogen) atoms. The van der Waals surface area contributed by atoms with E-state index in [0.29, 0.717) is 5.52 Å². The van der Waals surface area contributed by atoms with Gasteiger partial charge in [-0.15, -0.1) is 0 Å². The number of carbonyl (C=O) groups is 1. The predicted octanol–water partition coefficient (Wildman–Crippen LogP) is 3.24. The highest BCUT2D eigenvalue weighted by Gasteiger charge is 2.09. The molecule has 0 amide bonds. The molecule has 72 valence electrons. The normalized spacial score (nSPS) is 10.7. The molecule has 0 aliphatic rings. The molecule has 0 aliphatic carbocycles. The molecule has 0 bridgehead atoms. The van der Waals surface area contributed by atoms with Gasteiger partial charge in [0, 0.05) is 16.1 Å². The molecule has 4 heteroatoms. The summed E-state index contributed by atoms with van der Waals surface area (Å²) in [6.45, 7) is 1.97. The molecule has 0 atom stereocenters. The van der Waals surface area contributed by atoms with Crippen molar-refractivity contribution in [2.45, 2.75) is 6.92 Å². The number of hydrogen-bond acceptors (Lipinski definition) is 1. The van der Waals surface area contributed by atoms with Crippen LogP contribution in [0.15, 0.2) is 28.9 Å². The molecule has 1 N–H and O–H groups in total. The maximum atomic E-state index is 10.9. The van der Waals surface area contributed by atoms with Crippen molar-refractivity contribution in [2.24, 2.45) is 0 Å². The number of carboxylic acid groups (broad SMARTS) is 1. The average Bonchev–Trinajstić information content (AvgIpc) is 2.47. The van der Waals surface area contributed by atoms with Gasteiger partial charge >= 0.3 is 6.09 Å². The quantitative estimate of drug-likeness (QED) is 0.784. The molecule has 0 saturated carbocycles. The van der Waals surface area contributed by atoms with Crippen molar-refractivity contribution in [3.8, 4) is 0 Å². The molecular formula is C10H8BrNO2. The lowest BCUT2D eigenvalue weighted by molar-refractivity contribution is 0.197. The molecule has 0 aliphatic heterocycles. The van der Waals surface area contributed by atoms with Crippen molar-refractivity contribution in [1.29, 1.82) is 0 Å². The lowest BCUT2D eigenvalue weighted by atomic mass is 10.2. The van der Waals surface area contributed by atoms with E-state index in [0.717, 1.165) is 15.4 Å². The molecule has 0 saturated heterocycles. The van der Waals surface area contributed by atoms with E-state index in [9.17, 15) is 4.79 Å². The topological polar surface area (TPSA) is 42.2 Å². The van der Waals surface area contributed by atoms with Crippen molar-refractivity contribution in [3.63, 3.8) is 0 Å². The summed E-state index contributed by atoms with van der Waals surface area (Å²) in [5.74, 6) is 0. The zero-order chi connectivity index (χ0) is 10.3. The van der Waals surface area contributed by atoms with Crippen molar-refractivity contribution >= 4 is 32.9 Å². The Balaban J connectivity index is 2.85. The van der Waals surface area contributed by atoms with E-state index in [4.69, 9.17) is 5.11 Å². The van der Waals surface area contributed by atoms with Gasteiger partial charge in [0.25, 0.3) is 0 Å². The maximum absolute atomic E-state index is 10.9. The summed E-state index contributed by atoms with van der Waals surface area (Å²) in [7, 11) is 0. The number of nitrogens with zero attached hydrogens (tertiary/aromatic N) is 1. The van der Waals surface area contributed by atoms with Crippen LogP contribution >= 0.6 is 15.9 Å². The van der Waals surface area contributed by atoms with Gasteiger partial charge in [0.05, 0.1) is 5.52 Å². The Morgan fingerprint density at radius 3 is 2.86 bits per heavy atom. The average molecular weight is 254 g/mol. The summed E-state index contributed by atoms with van der Waals surface area (Å²) >= 11 is 3.36. The predicted molar refractivity (Wildman–Crippen MR) is 57.8 cm³/mol. The number of hydrogen-bond donors (Lipinski definition) is 1. The first kappa shape index (κ1) is 9.27. The van der Waals surface area contributed by atoms with Crippen LogP contribution < -0.4 is 0 Å². The van der Waals surface area contributed by atoms with Crippen LogP contribution in [-0.4, -0.2) is 15.8 Å². The molecule has 2 rings (SSSR count). The standard InChI is InChI=1S/C10H8BrNO2/c1-6-4-7-2-3-12(10(13)14)9(7)8(11)5-6/h2-5H,1H3,(H,13,14). The molecule has 0 spiro atoms. The van der Waals surface area contributed by atoms with Crippen LogP contribution in [0.5, 0.6) is 0 Å². The monoisotopic (exact) mass is 253 g/mol.